The molecule has 0 aliphatic carbocycles. The molecule has 0 aliphatic rings. The minimum Gasteiger partial charge on any atom is -0.497 e. The first-order valence-electron chi connectivity index (χ1n) is 12.1. The molecule has 0 bridgehead atoms. The Morgan fingerprint density at radius 1 is 0.816 bits per heavy atom. The Kier molecular flexibility index (Phi) is 11.5. The highest BCUT2D eigenvalue weighted by Crippen LogP contribution is 2.25. The van der Waals surface area contributed by atoms with E-state index in [1.807, 2.05) is 72.8 Å². The van der Waals surface area contributed by atoms with E-state index < -0.39 is 29.3 Å². The number of esters is 1. The first-order chi connectivity index (χ1) is 18.4. The molecule has 38 heavy (non-hydrogen) atoms. The molecule has 0 spiro atoms. The van der Waals surface area contributed by atoms with E-state index >= 15 is 0 Å². The molecule has 0 unspecified atom stereocenters. The molecule has 0 saturated heterocycles. The van der Waals surface area contributed by atoms with Crippen LogP contribution in [-0.4, -0.2) is 41.5 Å². The van der Waals surface area contributed by atoms with Crippen LogP contribution < -0.4 is 10.1 Å². The third-order valence-corrected chi connectivity index (χ3v) is 7.00. The van der Waals surface area contributed by atoms with E-state index in [1.54, 1.807) is 19.2 Å². The van der Waals surface area contributed by atoms with Crippen molar-refractivity contribution in [3.8, 4) is 5.75 Å². The zero-order chi connectivity index (χ0) is 27.2. The van der Waals surface area contributed by atoms with Crippen LogP contribution in [0.25, 0.3) is 0 Å². The lowest BCUT2D eigenvalue weighted by molar-refractivity contribution is -0.145. The minimum absolute atomic E-state index is 0.0369. The van der Waals surface area contributed by atoms with Crippen molar-refractivity contribution >= 4 is 29.8 Å². The first-order valence-corrected chi connectivity index (χ1v) is 13.1. The zero-order valence-electron chi connectivity index (χ0n) is 21.1. The fourth-order valence-electron chi connectivity index (χ4n) is 3.57. The minimum atomic E-state index is -1.10. The van der Waals surface area contributed by atoms with Crippen LogP contribution in [0, 0.1) is 0 Å². The summed E-state index contributed by atoms with van der Waals surface area (Å²) in [4.78, 5) is 37.2. The molecule has 0 radical (unpaired) electrons. The summed E-state index contributed by atoms with van der Waals surface area (Å²) >= 11 is 1.16. The van der Waals surface area contributed by atoms with Crippen molar-refractivity contribution in [3.05, 3.63) is 102 Å². The van der Waals surface area contributed by atoms with Gasteiger partial charge in [0.1, 0.15) is 24.2 Å². The lowest BCUT2D eigenvalue weighted by atomic mass is 10.1. The highest BCUT2D eigenvalue weighted by Gasteiger charge is 2.31. The number of alkyl carbamates (subject to hydrolysis) is 1. The molecule has 3 aromatic rings. The second-order valence-electron chi connectivity index (χ2n) is 8.42. The number of carboxylic acids is 1. The summed E-state index contributed by atoms with van der Waals surface area (Å²) < 4.78 is 15.8. The fourth-order valence-corrected chi connectivity index (χ4v) is 4.71. The van der Waals surface area contributed by atoms with Crippen LogP contribution in [0.3, 0.4) is 0 Å². The van der Waals surface area contributed by atoms with E-state index in [4.69, 9.17) is 14.2 Å². The highest BCUT2D eigenvalue weighted by molar-refractivity contribution is 7.99. The predicted octanol–water partition coefficient (Wildman–Crippen LogP) is 5.20. The summed E-state index contributed by atoms with van der Waals surface area (Å²) in [5.41, 5.74) is 2.54. The summed E-state index contributed by atoms with van der Waals surface area (Å²) in [6.07, 6.45) is -0.753. The number of ether oxygens (including phenoxy) is 3. The van der Waals surface area contributed by atoms with Crippen LogP contribution in [-0.2, 0) is 38.0 Å². The van der Waals surface area contributed by atoms with Gasteiger partial charge in [-0.3, -0.25) is 9.59 Å². The van der Waals surface area contributed by atoms with Crippen LogP contribution in [0.4, 0.5) is 4.79 Å². The van der Waals surface area contributed by atoms with Gasteiger partial charge in [0.05, 0.1) is 13.2 Å². The number of hydrogen-bond acceptors (Lipinski definition) is 7. The third kappa shape index (κ3) is 9.82. The summed E-state index contributed by atoms with van der Waals surface area (Å²) in [6.45, 7) is 0.153. The fraction of sp³-hybridized carbons (Fsp3) is 0.276. The monoisotopic (exact) mass is 537 g/mol. The quantitative estimate of drug-likeness (QED) is 0.270. The van der Waals surface area contributed by atoms with Crippen molar-refractivity contribution in [3.63, 3.8) is 0 Å². The van der Waals surface area contributed by atoms with E-state index in [0.717, 1.165) is 28.5 Å². The second kappa shape index (κ2) is 15.3. The number of aliphatic carboxylic acids is 1. The van der Waals surface area contributed by atoms with Gasteiger partial charge in [-0.25, -0.2) is 4.79 Å². The average molecular weight is 538 g/mol. The van der Waals surface area contributed by atoms with Crippen molar-refractivity contribution in [1.82, 2.24) is 5.32 Å². The van der Waals surface area contributed by atoms with Crippen LogP contribution in [0.15, 0.2) is 84.9 Å². The molecular weight excluding hydrogens is 506 g/mol. The van der Waals surface area contributed by atoms with Crippen LogP contribution >= 0.6 is 11.8 Å². The van der Waals surface area contributed by atoms with Crippen molar-refractivity contribution < 1.29 is 33.7 Å². The van der Waals surface area contributed by atoms with Crippen molar-refractivity contribution in [1.29, 1.82) is 0 Å². The Labute approximate surface area is 226 Å². The number of thioether (sulfide) groups is 1. The number of carbonyl (C=O) groups is 3. The average Bonchev–Trinajstić information content (AvgIpc) is 2.95. The SMILES string of the molecule is COc1ccc(CS[C@H](C(=O)O)[C@H](CCC(=O)OCc2ccccc2)NC(=O)OCc2ccccc2)cc1. The Hall–Kier alpha value is -3.98. The van der Waals surface area contributed by atoms with Gasteiger partial charge < -0.3 is 24.6 Å². The summed E-state index contributed by atoms with van der Waals surface area (Å²) in [6, 6.07) is 24.8. The first kappa shape index (κ1) is 28.6. The Bertz CT molecular complexity index is 1160. The molecule has 0 fully saturated rings. The lowest BCUT2D eigenvalue weighted by Gasteiger charge is -2.24. The molecule has 200 valence electrons. The van der Waals surface area contributed by atoms with E-state index in [0.29, 0.717) is 11.5 Å². The maximum absolute atomic E-state index is 12.6. The van der Waals surface area contributed by atoms with E-state index in [2.05, 4.69) is 5.32 Å². The van der Waals surface area contributed by atoms with Gasteiger partial charge in [0.25, 0.3) is 0 Å². The normalized spacial score (nSPS) is 12.1. The molecule has 2 N–H and O–H groups in total. The van der Waals surface area contributed by atoms with E-state index in [1.165, 1.54) is 0 Å². The number of carboxylic acid groups (broad SMARTS) is 1. The lowest BCUT2D eigenvalue weighted by Crippen LogP contribution is -2.46. The van der Waals surface area contributed by atoms with Crippen LogP contribution in [0.2, 0.25) is 0 Å². The Morgan fingerprint density at radius 3 is 1.95 bits per heavy atom. The Balaban J connectivity index is 1.63. The van der Waals surface area contributed by atoms with Gasteiger partial charge in [-0.15, -0.1) is 11.8 Å². The number of nitrogens with one attached hydrogen (secondary N) is 1. The van der Waals surface area contributed by atoms with Gasteiger partial charge in [0, 0.05) is 12.2 Å². The topological polar surface area (TPSA) is 111 Å². The van der Waals surface area contributed by atoms with Crippen molar-refractivity contribution in [2.75, 3.05) is 7.11 Å². The Morgan fingerprint density at radius 2 is 1.39 bits per heavy atom. The summed E-state index contributed by atoms with van der Waals surface area (Å²) in [7, 11) is 1.57. The second-order valence-corrected chi connectivity index (χ2v) is 9.55. The molecule has 0 saturated carbocycles. The molecule has 8 nitrogen and oxygen atoms in total. The number of carbonyl (C=O) groups excluding carboxylic acids is 2. The van der Waals surface area contributed by atoms with Crippen LogP contribution in [0.5, 0.6) is 5.75 Å². The van der Waals surface area contributed by atoms with Gasteiger partial charge in [0.15, 0.2) is 0 Å². The number of amides is 1. The maximum Gasteiger partial charge on any atom is 0.407 e. The number of methoxy groups -OCH3 is 1. The molecular formula is C29H31NO7S. The molecule has 2 atom stereocenters. The zero-order valence-corrected chi connectivity index (χ0v) is 21.9. The van der Waals surface area contributed by atoms with Crippen molar-refractivity contribution in [2.24, 2.45) is 0 Å². The predicted molar refractivity (Wildman–Crippen MR) is 145 cm³/mol. The van der Waals surface area contributed by atoms with Crippen LogP contribution in [0.1, 0.15) is 29.5 Å². The van der Waals surface area contributed by atoms with Gasteiger partial charge in [-0.1, -0.05) is 72.8 Å². The molecule has 0 aliphatic heterocycles. The highest BCUT2D eigenvalue weighted by atomic mass is 32.2. The molecule has 3 aromatic carbocycles. The molecule has 1 amide bonds. The maximum atomic E-state index is 12.6. The van der Waals surface area contributed by atoms with Gasteiger partial charge in [-0.05, 0) is 35.2 Å². The van der Waals surface area contributed by atoms with Gasteiger partial charge >= 0.3 is 18.0 Å². The standard InChI is InChI=1S/C29H31NO7S/c1-35-24-14-12-23(13-15-24)20-38-27(28(32)33)25(30-29(34)37-19-22-10-6-3-7-11-22)16-17-26(31)36-18-21-8-4-2-5-9-21/h2-15,25,27H,16-20H2,1H3,(H,30,34)(H,32,33)/t25-,27-/m0/s1. The number of rotatable bonds is 14. The molecule has 9 heteroatoms. The molecule has 0 aromatic heterocycles. The van der Waals surface area contributed by atoms with E-state index in [9.17, 15) is 19.5 Å². The smallest absolute Gasteiger partial charge is 0.407 e. The molecule has 3 rings (SSSR count). The van der Waals surface area contributed by atoms with E-state index in [-0.39, 0.29) is 26.1 Å². The van der Waals surface area contributed by atoms with Gasteiger partial charge in [0.2, 0.25) is 0 Å². The summed E-state index contributed by atoms with van der Waals surface area (Å²) in [5.74, 6) is -0.503. The largest absolute Gasteiger partial charge is 0.497 e. The third-order valence-electron chi connectivity index (χ3n) is 5.62. The van der Waals surface area contributed by atoms with Gasteiger partial charge in [-0.2, -0.15) is 0 Å². The molecule has 0 heterocycles. The summed E-state index contributed by atoms with van der Waals surface area (Å²) in [5, 5.41) is 11.6. The van der Waals surface area contributed by atoms with Crippen molar-refractivity contribution in [2.45, 2.75) is 43.1 Å². The number of hydrogen-bond donors (Lipinski definition) is 2. The number of benzene rings is 3.